The molecule has 0 saturated heterocycles. The highest BCUT2D eigenvalue weighted by Crippen LogP contribution is 2.19. The molecule has 0 fully saturated rings. The third-order valence-electron chi connectivity index (χ3n) is 2.13. The average molecular weight is 219 g/mol. The van der Waals surface area contributed by atoms with Gasteiger partial charge in [0, 0.05) is 5.41 Å². The summed E-state index contributed by atoms with van der Waals surface area (Å²) in [6.07, 6.45) is -1.44. The van der Waals surface area contributed by atoms with Crippen molar-refractivity contribution in [3.8, 4) is 0 Å². The van der Waals surface area contributed by atoms with E-state index in [1.54, 1.807) is 0 Å². The highest BCUT2D eigenvalue weighted by atomic mass is 16.4. The van der Waals surface area contributed by atoms with Crippen molar-refractivity contribution in [2.45, 2.75) is 32.9 Å². The maximum Gasteiger partial charge on any atom is 0.325 e. The van der Waals surface area contributed by atoms with Gasteiger partial charge in [-0.3, -0.25) is 9.59 Å². The van der Waals surface area contributed by atoms with Gasteiger partial charge in [0.2, 0.25) is 5.91 Å². The van der Waals surface area contributed by atoms with Gasteiger partial charge in [0.25, 0.3) is 0 Å². The van der Waals surface area contributed by atoms with Crippen molar-refractivity contribution >= 4 is 11.9 Å². The van der Waals surface area contributed by atoms with E-state index in [4.69, 9.17) is 10.2 Å². The molecule has 1 unspecified atom stereocenters. The molecule has 0 saturated carbocycles. The minimum Gasteiger partial charge on any atom is -0.480 e. The number of carbonyl (C=O) groups excluding carboxylic acids is 1. The molecule has 1 amide bonds. The minimum absolute atomic E-state index is 0.372. The van der Waals surface area contributed by atoms with Gasteiger partial charge in [-0.05, 0) is 6.92 Å². The summed E-state index contributed by atoms with van der Waals surface area (Å²) in [6, 6.07) is -1.07. The van der Waals surface area contributed by atoms with Crippen LogP contribution in [0.1, 0.15) is 20.8 Å². The van der Waals surface area contributed by atoms with E-state index < -0.39 is 29.4 Å². The van der Waals surface area contributed by atoms with Gasteiger partial charge >= 0.3 is 5.97 Å². The molecular formula is C9H17NO5. The maximum absolute atomic E-state index is 11.3. The van der Waals surface area contributed by atoms with Crippen LogP contribution in [0.5, 0.6) is 0 Å². The third kappa shape index (κ3) is 3.85. The van der Waals surface area contributed by atoms with Gasteiger partial charge in [-0.1, -0.05) is 13.8 Å². The molecule has 0 aliphatic rings. The second-order valence-electron chi connectivity index (χ2n) is 4.12. The summed E-state index contributed by atoms with van der Waals surface area (Å²) in [4.78, 5) is 21.8. The molecule has 88 valence electrons. The molecule has 15 heavy (non-hydrogen) atoms. The smallest absolute Gasteiger partial charge is 0.325 e. The molecule has 0 spiro atoms. The van der Waals surface area contributed by atoms with E-state index in [2.05, 4.69) is 5.32 Å². The van der Waals surface area contributed by atoms with Crippen molar-refractivity contribution in [1.29, 1.82) is 0 Å². The van der Waals surface area contributed by atoms with Crippen molar-refractivity contribution in [3.63, 3.8) is 0 Å². The Bertz CT molecular complexity index is 251. The Labute approximate surface area is 87.9 Å². The van der Waals surface area contributed by atoms with Crippen LogP contribution in [0, 0.1) is 5.41 Å². The first-order valence-electron chi connectivity index (χ1n) is 4.54. The van der Waals surface area contributed by atoms with Crippen molar-refractivity contribution in [3.05, 3.63) is 0 Å². The molecule has 0 rings (SSSR count). The number of aliphatic hydroxyl groups is 2. The summed E-state index contributed by atoms with van der Waals surface area (Å²) in [5.41, 5.74) is -0.998. The molecular weight excluding hydrogens is 202 g/mol. The monoisotopic (exact) mass is 219 g/mol. The number of rotatable bonds is 5. The lowest BCUT2D eigenvalue weighted by molar-refractivity contribution is -0.145. The lowest BCUT2D eigenvalue weighted by Gasteiger charge is -2.27. The molecule has 0 aromatic heterocycles. The fourth-order valence-electron chi connectivity index (χ4n) is 0.795. The fraction of sp³-hybridized carbons (Fsp3) is 0.778. The van der Waals surface area contributed by atoms with Crippen LogP contribution < -0.4 is 5.32 Å². The highest BCUT2D eigenvalue weighted by Gasteiger charge is 2.34. The predicted molar refractivity (Wildman–Crippen MR) is 52.1 cm³/mol. The normalized spacial score (nSPS) is 15.5. The van der Waals surface area contributed by atoms with Crippen LogP contribution in [0.25, 0.3) is 0 Å². The summed E-state index contributed by atoms with van der Waals surface area (Å²) >= 11 is 0. The molecule has 6 heteroatoms. The summed E-state index contributed by atoms with van der Waals surface area (Å²) in [7, 11) is 0. The Morgan fingerprint density at radius 1 is 1.40 bits per heavy atom. The van der Waals surface area contributed by atoms with Crippen LogP contribution in [0.3, 0.4) is 0 Å². The first-order valence-corrected chi connectivity index (χ1v) is 4.54. The molecule has 0 radical (unpaired) electrons. The van der Waals surface area contributed by atoms with E-state index >= 15 is 0 Å². The van der Waals surface area contributed by atoms with Crippen molar-refractivity contribution in [2.24, 2.45) is 5.41 Å². The lowest BCUT2D eigenvalue weighted by Crippen LogP contribution is -2.49. The number of hydrogen-bond donors (Lipinski definition) is 4. The largest absolute Gasteiger partial charge is 0.480 e. The predicted octanol–water partition coefficient (Wildman–Crippen LogP) is -1.04. The van der Waals surface area contributed by atoms with Gasteiger partial charge in [0.15, 0.2) is 0 Å². The molecule has 0 aliphatic carbocycles. The van der Waals surface area contributed by atoms with Gasteiger partial charge in [-0.2, -0.15) is 0 Å². The van der Waals surface area contributed by atoms with E-state index in [-0.39, 0.29) is 6.61 Å². The summed E-state index contributed by atoms with van der Waals surface area (Å²) in [5, 5.41) is 29.1. The summed E-state index contributed by atoms with van der Waals surface area (Å²) in [6.45, 7) is 3.92. The van der Waals surface area contributed by atoms with Crippen molar-refractivity contribution in [2.75, 3.05) is 6.61 Å². The molecule has 4 N–H and O–H groups in total. The van der Waals surface area contributed by atoms with Gasteiger partial charge in [0.1, 0.15) is 12.1 Å². The van der Waals surface area contributed by atoms with E-state index in [0.717, 1.165) is 0 Å². The van der Waals surface area contributed by atoms with Crippen LogP contribution in [-0.2, 0) is 9.59 Å². The zero-order chi connectivity index (χ0) is 12.2. The second-order valence-corrected chi connectivity index (χ2v) is 4.12. The fourth-order valence-corrected chi connectivity index (χ4v) is 0.795. The van der Waals surface area contributed by atoms with E-state index in [0.29, 0.717) is 0 Å². The van der Waals surface area contributed by atoms with Crippen molar-refractivity contribution in [1.82, 2.24) is 5.32 Å². The quantitative estimate of drug-likeness (QED) is 0.472. The first-order chi connectivity index (χ1) is 6.72. The number of aliphatic hydroxyl groups excluding tert-OH is 2. The Morgan fingerprint density at radius 3 is 2.20 bits per heavy atom. The Hall–Kier alpha value is -1.14. The summed E-state index contributed by atoms with van der Waals surface area (Å²) < 4.78 is 0. The SMILES string of the molecule is CC(NC(=O)[C@H](O)C(C)(C)CO)C(=O)O. The Kier molecular flexibility index (Phi) is 4.70. The first kappa shape index (κ1) is 13.9. The average Bonchev–Trinajstić information content (AvgIpc) is 2.16. The third-order valence-corrected chi connectivity index (χ3v) is 2.13. The molecule has 6 nitrogen and oxygen atoms in total. The van der Waals surface area contributed by atoms with E-state index in [9.17, 15) is 14.7 Å². The zero-order valence-electron chi connectivity index (χ0n) is 9.02. The standard InChI is InChI=1S/C9H17NO5/c1-5(8(14)15)10-7(13)6(12)9(2,3)4-11/h5-6,11-12H,4H2,1-3H3,(H,10,13)(H,14,15)/t5?,6-/m0/s1. The Balaban J connectivity index is 4.40. The second kappa shape index (κ2) is 5.09. The molecule has 0 bridgehead atoms. The number of hydrogen-bond acceptors (Lipinski definition) is 4. The number of carboxylic acids is 1. The Morgan fingerprint density at radius 2 is 1.87 bits per heavy atom. The topological polar surface area (TPSA) is 107 Å². The molecule has 0 aromatic rings. The van der Waals surface area contributed by atoms with Crippen LogP contribution in [0.2, 0.25) is 0 Å². The molecule has 0 heterocycles. The molecule has 0 aliphatic heterocycles. The van der Waals surface area contributed by atoms with Crippen molar-refractivity contribution < 1.29 is 24.9 Å². The number of aliphatic carboxylic acids is 1. The van der Waals surface area contributed by atoms with Crippen LogP contribution in [0.4, 0.5) is 0 Å². The van der Waals surface area contributed by atoms with Gasteiger partial charge in [-0.25, -0.2) is 0 Å². The lowest BCUT2D eigenvalue weighted by atomic mass is 9.87. The highest BCUT2D eigenvalue weighted by molar-refractivity contribution is 5.86. The maximum atomic E-state index is 11.3. The van der Waals surface area contributed by atoms with Crippen LogP contribution in [0.15, 0.2) is 0 Å². The minimum atomic E-state index is -1.44. The number of carbonyl (C=O) groups is 2. The number of amides is 1. The number of carboxylic acid groups (broad SMARTS) is 1. The van der Waals surface area contributed by atoms with Gasteiger partial charge < -0.3 is 20.6 Å². The van der Waals surface area contributed by atoms with E-state index in [1.807, 2.05) is 0 Å². The van der Waals surface area contributed by atoms with Crippen LogP contribution in [-0.4, -0.2) is 45.9 Å². The molecule has 2 atom stereocenters. The van der Waals surface area contributed by atoms with Gasteiger partial charge in [-0.15, -0.1) is 0 Å². The number of nitrogens with one attached hydrogen (secondary N) is 1. The van der Waals surface area contributed by atoms with Crippen LogP contribution >= 0.6 is 0 Å². The van der Waals surface area contributed by atoms with E-state index in [1.165, 1.54) is 20.8 Å². The summed E-state index contributed by atoms with van der Waals surface area (Å²) in [5.74, 6) is -1.98. The zero-order valence-corrected chi connectivity index (χ0v) is 9.02. The van der Waals surface area contributed by atoms with Gasteiger partial charge in [0.05, 0.1) is 6.61 Å². The molecule has 0 aromatic carbocycles.